The van der Waals surface area contributed by atoms with Crippen molar-refractivity contribution in [3.8, 4) is 5.75 Å². The Kier molecular flexibility index (Phi) is 8.54. The molecule has 6 nitrogen and oxygen atoms in total. The summed E-state index contributed by atoms with van der Waals surface area (Å²) in [5.74, 6) is 1.22. The quantitative estimate of drug-likeness (QED) is 0.323. The van der Waals surface area contributed by atoms with Crippen LogP contribution in [0.25, 0.3) is 0 Å². The summed E-state index contributed by atoms with van der Waals surface area (Å²) in [7, 11) is 1.29. The van der Waals surface area contributed by atoms with Gasteiger partial charge in [-0.15, -0.1) is 0 Å². The number of aliphatic hydroxyl groups is 2. The Morgan fingerprint density at radius 1 is 1.23 bits per heavy atom. The topological polar surface area (TPSA) is 85.2 Å². The lowest BCUT2D eigenvalue weighted by Gasteiger charge is -2.32. The molecule has 2 aliphatic carbocycles. The maximum atomic E-state index is 11.5. The van der Waals surface area contributed by atoms with E-state index in [-0.39, 0.29) is 24.7 Å². The standard InChI is InChI=1S/C24H36O6/c1-3-4-5-8-18(25)10-11-19-20-12-16-7-6-9-23(29-15-24(27)30-28-2)21(16)13-17(20)14-22(19)26/h6-7,9,17-20,22,25-26H,3-5,8,10-15H2,1-2H3/t17-,18-,19+,20-,22+/m0/s1. The highest BCUT2D eigenvalue weighted by atomic mass is 17.2. The molecule has 168 valence electrons. The molecule has 0 saturated heterocycles. The van der Waals surface area contributed by atoms with Gasteiger partial charge in [-0.2, -0.15) is 4.89 Å². The summed E-state index contributed by atoms with van der Waals surface area (Å²) in [6, 6.07) is 5.95. The van der Waals surface area contributed by atoms with Gasteiger partial charge in [0.15, 0.2) is 6.61 Å². The number of benzene rings is 1. The summed E-state index contributed by atoms with van der Waals surface area (Å²) in [5.41, 5.74) is 2.37. The molecule has 2 N–H and O–H groups in total. The lowest BCUT2D eigenvalue weighted by molar-refractivity contribution is -0.256. The Morgan fingerprint density at radius 3 is 2.83 bits per heavy atom. The van der Waals surface area contributed by atoms with Gasteiger partial charge in [0.2, 0.25) is 0 Å². The molecule has 1 fully saturated rings. The second kappa shape index (κ2) is 11.1. The van der Waals surface area contributed by atoms with Gasteiger partial charge in [-0.3, -0.25) is 4.89 Å². The van der Waals surface area contributed by atoms with Gasteiger partial charge in [-0.1, -0.05) is 38.3 Å². The van der Waals surface area contributed by atoms with Crippen LogP contribution in [-0.2, 0) is 27.4 Å². The monoisotopic (exact) mass is 420 g/mol. The molecule has 3 rings (SSSR count). The van der Waals surface area contributed by atoms with E-state index < -0.39 is 5.97 Å². The average molecular weight is 421 g/mol. The summed E-state index contributed by atoms with van der Waals surface area (Å²) in [6.07, 6.45) is 7.90. The van der Waals surface area contributed by atoms with Crippen LogP contribution < -0.4 is 4.74 Å². The van der Waals surface area contributed by atoms with Gasteiger partial charge in [0.05, 0.1) is 19.3 Å². The number of carbonyl (C=O) groups excluding carboxylic acids is 1. The van der Waals surface area contributed by atoms with Crippen molar-refractivity contribution in [3.63, 3.8) is 0 Å². The molecule has 0 bridgehead atoms. The van der Waals surface area contributed by atoms with Crippen LogP contribution in [0.1, 0.15) is 63.0 Å². The predicted molar refractivity (Wildman–Crippen MR) is 113 cm³/mol. The van der Waals surface area contributed by atoms with Crippen LogP contribution in [0.2, 0.25) is 0 Å². The first-order chi connectivity index (χ1) is 14.5. The molecule has 1 aromatic rings. The third-order valence-electron chi connectivity index (χ3n) is 6.84. The Morgan fingerprint density at radius 2 is 2.07 bits per heavy atom. The molecule has 0 amide bonds. The third kappa shape index (κ3) is 5.74. The third-order valence-corrected chi connectivity index (χ3v) is 6.84. The van der Waals surface area contributed by atoms with Crippen LogP contribution in [0.5, 0.6) is 5.75 Å². The van der Waals surface area contributed by atoms with Crippen molar-refractivity contribution in [1.82, 2.24) is 0 Å². The minimum atomic E-state index is -0.572. The lowest BCUT2D eigenvalue weighted by atomic mass is 9.73. The molecule has 30 heavy (non-hydrogen) atoms. The molecular weight excluding hydrogens is 384 g/mol. The highest BCUT2D eigenvalue weighted by Crippen LogP contribution is 2.48. The molecule has 1 saturated carbocycles. The highest BCUT2D eigenvalue weighted by molar-refractivity contribution is 5.70. The predicted octanol–water partition coefficient (Wildman–Crippen LogP) is 3.60. The summed E-state index contributed by atoms with van der Waals surface area (Å²) in [4.78, 5) is 20.4. The van der Waals surface area contributed by atoms with Crippen molar-refractivity contribution in [2.24, 2.45) is 17.8 Å². The fraction of sp³-hybridized carbons (Fsp3) is 0.708. The number of hydrogen-bond acceptors (Lipinski definition) is 6. The van der Waals surface area contributed by atoms with E-state index in [9.17, 15) is 15.0 Å². The van der Waals surface area contributed by atoms with Crippen LogP contribution in [0.4, 0.5) is 0 Å². The lowest BCUT2D eigenvalue weighted by Crippen LogP contribution is -2.28. The van der Waals surface area contributed by atoms with E-state index in [4.69, 9.17) is 4.74 Å². The second-order valence-corrected chi connectivity index (χ2v) is 8.83. The summed E-state index contributed by atoms with van der Waals surface area (Å²) >= 11 is 0. The molecule has 0 heterocycles. The second-order valence-electron chi connectivity index (χ2n) is 8.83. The summed E-state index contributed by atoms with van der Waals surface area (Å²) in [6.45, 7) is 1.98. The van der Waals surface area contributed by atoms with E-state index in [0.717, 1.165) is 63.4 Å². The van der Waals surface area contributed by atoms with Crippen LogP contribution in [-0.4, -0.2) is 42.1 Å². The average Bonchev–Trinajstić information content (AvgIpc) is 3.03. The zero-order valence-corrected chi connectivity index (χ0v) is 18.2. The molecule has 6 heteroatoms. The number of carbonyl (C=O) groups is 1. The van der Waals surface area contributed by atoms with E-state index in [1.54, 1.807) is 0 Å². The molecule has 0 unspecified atom stereocenters. The minimum absolute atomic E-state index is 0.195. The first kappa shape index (κ1) is 23.0. The Labute approximate surface area is 179 Å². The van der Waals surface area contributed by atoms with Gasteiger partial charge in [0.25, 0.3) is 0 Å². The molecular formula is C24H36O6. The van der Waals surface area contributed by atoms with Crippen molar-refractivity contribution >= 4 is 5.97 Å². The fourth-order valence-electron chi connectivity index (χ4n) is 5.35. The van der Waals surface area contributed by atoms with Gasteiger partial charge in [0, 0.05) is 0 Å². The molecule has 0 aliphatic heterocycles. The van der Waals surface area contributed by atoms with Crippen molar-refractivity contribution in [3.05, 3.63) is 29.3 Å². The number of hydrogen-bond donors (Lipinski definition) is 2. The van der Waals surface area contributed by atoms with Crippen LogP contribution in [0, 0.1) is 17.8 Å². The van der Waals surface area contributed by atoms with Crippen molar-refractivity contribution < 1.29 is 29.5 Å². The van der Waals surface area contributed by atoms with Gasteiger partial charge in [-0.25, -0.2) is 4.79 Å². The zero-order chi connectivity index (χ0) is 21.5. The van der Waals surface area contributed by atoms with Gasteiger partial charge >= 0.3 is 5.97 Å². The molecule has 2 aliphatic rings. The van der Waals surface area contributed by atoms with E-state index in [1.165, 1.54) is 12.7 Å². The minimum Gasteiger partial charge on any atom is -0.481 e. The van der Waals surface area contributed by atoms with E-state index in [1.807, 2.05) is 12.1 Å². The zero-order valence-electron chi connectivity index (χ0n) is 18.2. The number of fused-ring (bicyclic) bond motifs is 2. The van der Waals surface area contributed by atoms with Crippen molar-refractivity contribution in [1.29, 1.82) is 0 Å². The van der Waals surface area contributed by atoms with E-state index in [0.29, 0.717) is 17.6 Å². The molecule has 0 spiro atoms. The van der Waals surface area contributed by atoms with E-state index in [2.05, 4.69) is 22.8 Å². The first-order valence-corrected chi connectivity index (χ1v) is 11.4. The maximum Gasteiger partial charge on any atom is 0.379 e. The molecule has 0 radical (unpaired) electrons. The molecule has 5 atom stereocenters. The van der Waals surface area contributed by atoms with Gasteiger partial charge < -0.3 is 14.9 Å². The fourth-order valence-corrected chi connectivity index (χ4v) is 5.35. The SMILES string of the molecule is CCCCC[C@H](O)CC[C@@H]1[C@H]2Cc3cccc(OCC(=O)OOC)c3C[C@H]2C[C@H]1O. The van der Waals surface area contributed by atoms with Gasteiger partial charge in [0.1, 0.15) is 5.75 Å². The molecule has 1 aromatic carbocycles. The van der Waals surface area contributed by atoms with E-state index >= 15 is 0 Å². The number of rotatable bonds is 11. The number of aliphatic hydroxyl groups excluding tert-OH is 2. The normalized spacial score (nSPS) is 26.0. The van der Waals surface area contributed by atoms with Crippen LogP contribution in [0.15, 0.2) is 18.2 Å². The maximum absolute atomic E-state index is 11.5. The number of unbranched alkanes of at least 4 members (excludes halogenated alkanes) is 2. The summed E-state index contributed by atoms with van der Waals surface area (Å²) < 4.78 is 5.70. The van der Waals surface area contributed by atoms with Crippen LogP contribution >= 0.6 is 0 Å². The smallest absolute Gasteiger partial charge is 0.379 e. The highest BCUT2D eigenvalue weighted by Gasteiger charge is 2.44. The Bertz CT molecular complexity index is 690. The Hall–Kier alpha value is -1.63. The largest absolute Gasteiger partial charge is 0.481 e. The van der Waals surface area contributed by atoms with Crippen molar-refractivity contribution in [2.45, 2.75) is 76.9 Å². The van der Waals surface area contributed by atoms with Crippen molar-refractivity contribution in [2.75, 3.05) is 13.7 Å². The molecule has 0 aromatic heterocycles. The van der Waals surface area contributed by atoms with Crippen LogP contribution in [0.3, 0.4) is 0 Å². The number of ether oxygens (including phenoxy) is 1. The Balaban J connectivity index is 1.60. The summed E-state index contributed by atoms with van der Waals surface area (Å²) in [5, 5.41) is 21.1. The van der Waals surface area contributed by atoms with Gasteiger partial charge in [-0.05, 0) is 73.5 Å². The first-order valence-electron chi connectivity index (χ1n) is 11.4.